The average Bonchev–Trinajstić information content (AvgIpc) is 2.56. The number of alkyl carbamates (subject to hydrolysis) is 1. The molecule has 7 heteroatoms. The fraction of sp³-hybridized carbons (Fsp3) is 0.600. The van der Waals surface area contributed by atoms with Crippen LogP contribution in [0.4, 0.5) is 10.5 Å². The monoisotopic (exact) mass is 378 g/mol. The molecule has 0 aromatic heterocycles. The van der Waals surface area contributed by atoms with Crippen molar-refractivity contribution in [1.29, 1.82) is 0 Å². The Labute approximate surface area is 160 Å². The van der Waals surface area contributed by atoms with Crippen molar-refractivity contribution in [2.24, 2.45) is 0 Å². The van der Waals surface area contributed by atoms with Gasteiger partial charge in [-0.15, -0.1) is 0 Å². The number of hydrogen-bond acceptors (Lipinski definition) is 5. The summed E-state index contributed by atoms with van der Waals surface area (Å²) >= 11 is 0. The van der Waals surface area contributed by atoms with Crippen LogP contribution in [0.3, 0.4) is 0 Å². The zero-order valence-electron chi connectivity index (χ0n) is 16.7. The molecular formula is C20H30N2O5. The van der Waals surface area contributed by atoms with Gasteiger partial charge in [0.15, 0.2) is 0 Å². The molecule has 1 aromatic rings. The Morgan fingerprint density at radius 2 is 1.70 bits per heavy atom. The molecule has 1 saturated carbocycles. The molecule has 1 amide bonds. The molecule has 1 aromatic carbocycles. The van der Waals surface area contributed by atoms with Crippen LogP contribution in [-0.4, -0.2) is 42.0 Å². The predicted molar refractivity (Wildman–Crippen MR) is 104 cm³/mol. The number of carboxylic acid groups (broad SMARTS) is 1. The maximum atomic E-state index is 11.9. The number of benzene rings is 1. The van der Waals surface area contributed by atoms with Crippen molar-refractivity contribution in [3.05, 3.63) is 23.3 Å². The van der Waals surface area contributed by atoms with Gasteiger partial charge in [0.05, 0.1) is 12.7 Å². The fourth-order valence-corrected chi connectivity index (χ4v) is 3.25. The zero-order valence-corrected chi connectivity index (χ0v) is 16.7. The summed E-state index contributed by atoms with van der Waals surface area (Å²) in [4.78, 5) is 23.3. The summed E-state index contributed by atoms with van der Waals surface area (Å²) in [6.07, 6.45) is 3.05. The summed E-state index contributed by atoms with van der Waals surface area (Å²) in [6.45, 7) is 7.32. The van der Waals surface area contributed by atoms with E-state index in [0.717, 1.165) is 31.4 Å². The van der Waals surface area contributed by atoms with E-state index in [-0.39, 0.29) is 23.7 Å². The molecule has 3 N–H and O–H groups in total. The molecule has 0 spiro atoms. The van der Waals surface area contributed by atoms with Crippen LogP contribution in [0.25, 0.3) is 0 Å². The lowest BCUT2D eigenvalue weighted by Crippen LogP contribution is -2.42. The average molecular weight is 378 g/mol. The minimum absolute atomic E-state index is 0.0962. The Morgan fingerprint density at radius 1 is 1.11 bits per heavy atom. The summed E-state index contributed by atoms with van der Waals surface area (Å²) in [5, 5.41) is 15.8. The molecule has 1 fully saturated rings. The topological polar surface area (TPSA) is 96.9 Å². The lowest BCUT2D eigenvalue weighted by Gasteiger charge is -2.31. The standard InChI is InChI=1S/C20H30N2O5/c1-12-16(18(23)24)10-15(26-5)11-17(12)21-13-6-8-14(9-7-13)22-19(25)27-20(2,3)4/h10-11,13-14,21H,6-9H2,1-5H3,(H,22,25)(H,23,24). The number of rotatable bonds is 5. The Hall–Kier alpha value is -2.44. The van der Waals surface area contributed by atoms with Crippen LogP contribution in [-0.2, 0) is 4.74 Å². The van der Waals surface area contributed by atoms with Crippen LogP contribution in [0.1, 0.15) is 62.4 Å². The highest BCUT2D eigenvalue weighted by molar-refractivity contribution is 5.92. The maximum absolute atomic E-state index is 11.9. The number of carboxylic acids is 1. The fourth-order valence-electron chi connectivity index (χ4n) is 3.25. The van der Waals surface area contributed by atoms with E-state index < -0.39 is 11.6 Å². The van der Waals surface area contributed by atoms with E-state index in [2.05, 4.69) is 10.6 Å². The van der Waals surface area contributed by atoms with Gasteiger partial charge in [-0.05, 0) is 65.0 Å². The van der Waals surface area contributed by atoms with Gasteiger partial charge < -0.3 is 25.2 Å². The summed E-state index contributed by atoms with van der Waals surface area (Å²) in [6, 6.07) is 3.67. The van der Waals surface area contributed by atoms with Gasteiger partial charge in [0.25, 0.3) is 0 Å². The molecule has 2 rings (SSSR count). The highest BCUT2D eigenvalue weighted by Crippen LogP contribution is 2.29. The van der Waals surface area contributed by atoms with Gasteiger partial charge in [-0.1, -0.05) is 0 Å². The Balaban J connectivity index is 1.95. The molecule has 1 aliphatic rings. The highest BCUT2D eigenvalue weighted by Gasteiger charge is 2.25. The lowest BCUT2D eigenvalue weighted by atomic mass is 9.90. The molecule has 150 valence electrons. The number of amides is 1. The van der Waals surface area contributed by atoms with Crippen molar-refractivity contribution >= 4 is 17.7 Å². The van der Waals surface area contributed by atoms with E-state index in [0.29, 0.717) is 11.3 Å². The second kappa shape index (κ2) is 8.50. The number of nitrogens with one attached hydrogen (secondary N) is 2. The third-order valence-corrected chi connectivity index (χ3v) is 4.65. The van der Waals surface area contributed by atoms with Crippen LogP contribution >= 0.6 is 0 Å². The highest BCUT2D eigenvalue weighted by atomic mass is 16.6. The molecule has 0 radical (unpaired) electrons. The van der Waals surface area contributed by atoms with Crippen molar-refractivity contribution in [2.75, 3.05) is 12.4 Å². The predicted octanol–water partition coefficient (Wildman–Crippen LogP) is 3.95. The Bertz CT molecular complexity index is 688. The first-order valence-electron chi connectivity index (χ1n) is 9.27. The molecule has 0 bridgehead atoms. The molecule has 1 aliphatic carbocycles. The normalized spacial score (nSPS) is 19.9. The SMILES string of the molecule is COc1cc(NC2CCC(NC(=O)OC(C)(C)C)CC2)c(C)c(C(=O)O)c1. The van der Waals surface area contributed by atoms with E-state index in [1.807, 2.05) is 26.8 Å². The maximum Gasteiger partial charge on any atom is 0.407 e. The molecule has 0 heterocycles. The Kier molecular flexibility index (Phi) is 6.57. The number of hydrogen-bond donors (Lipinski definition) is 3. The van der Waals surface area contributed by atoms with Gasteiger partial charge in [-0.2, -0.15) is 0 Å². The van der Waals surface area contributed by atoms with Gasteiger partial charge in [0, 0.05) is 23.8 Å². The van der Waals surface area contributed by atoms with Crippen molar-refractivity contribution < 1.29 is 24.2 Å². The summed E-state index contributed by atoms with van der Waals surface area (Å²) in [5.41, 5.74) is 1.19. The number of methoxy groups -OCH3 is 1. The van der Waals surface area contributed by atoms with Crippen LogP contribution in [0, 0.1) is 6.92 Å². The molecule has 0 saturated heterocycles. The van der Waals surface area contributed by atoms with Gasteiger partial charge in [-0.3, -0.25) is 0 Å². The molecule has 0 aliphatic heterocycles. The van der Waals surface area contributed by atoms with Crippen molar-refractivity contribution in [3.63, 3.8) is 0 Å². The number of anilines is 1. The molecule has 27 heavy (non-hydrogen) atoms. The first-order valence-corrected chi connectivity index (χ1v) is 9.27. The van der Waals surface area contributed by atoms with Crippen molar-refractivity contribution in [3.8, 4) is 5.75 Å². The molecular weight excluding hydrogens is 348 g/mol. The van der Waals surface area contributed by atoms with Crippen LogP contribution in [0.15, 0.2) is 12.1 Å². The van der Waals surface area contributed by atoms with Crippen LogP contribution in [0.2, 0.25) is 0 Å². The van der Waals surface area contributed by atoms with E-state index in [9.17, 15) is 14.7 Å². The lowest BCUT2D eigenvalue weighted by molar-refractivity contribution is 0.0491. The van der Waals surface area contributed by atoms with E-state index in [1.165, 1.54) is 13.2 Å². The third-order valence-electron chi connectivity index (χ3n) is 4.65. The Morgan fingerprint density at radius 3 is 2.22 bits per heavy atom. The summed E-state index contributed by atoms with van der Waals surface area (Å²) in [5.74, 6) is -0.458. The van der Waals surface area contributed by atoms with E-state index in [4.69, 9.17) is 9.47 Å². The van der Waals surface area contributed by atoms with Crippen LogP contribution in [0.5, 0.6) is 5.75 Å². The van der Waals surface area contributed by atoms with Crippen LogP contribution < -0.4 is 15.4 Å². The molecule has 7 nitrogen and oxygen atoms in total. The van der Waals surface area contributed by atoms with Gasteiger partial charge >= 0.3 is 12.1 Å². The largest absolute Gasteiger partial charge is 0.497 e. The second-order valence-corrected chi connectivity index (χ2v) is 7.99. The van der Waals surface area contributed by atoms with E-state index in [1.54, 1.807) is 6.92 Å². The van der Waals surface area contributed by atoms with Crippen molar-refractivity contribution in [2.45, 2.75) is 71.1 Å². The molecule has 0 unspecified atom stereocenters. The van der Waals surface area contributed by atoms with Gasteiger partial charge in [0.2, 0.25) is 0 Å². The minimum Gasteiger partial charge on any atom is -0.497 e. The number of carbonyl (C=O) groups excluding carboxylic acids is 1. The first-order chi connectivity index (χ1) is 12.6. The second-order valence-electron chi connectivity index (χ2n) is 7.99. The zero-order chi connectivity index (χ0) is 20.2. The summed E-state index contributed by atoms with van der Waals surface area (Å²) in [7, 11) is 1.52. The van der Waals surface area contributed by atoms with Gasteiger partial charge in [0.1, 0.15) is 11.4 Å². The van der Waals surface area contributed by atoms with Crippen molar-refractivity contribution in [1.82, 2.24) is 5.32 Å². The quantitative estimate of drug-likeness (QED) is 0.718. The van der Waals surface area contributed by atoms with E-state index >= 15 is 0 Å². The summed E-state index contributed by atoms with van der Waals surface area (Å²) < 4.78 is 10.5. The number of carbonyl (C=O) groups is 2. The van der Waals surface area contributed by atoms with Gasteiger partial charge in [-0.25, -0.2) is 9.59 Å². The smallest absolute Gasteiger partial charge is 0.407 e. The molecule has 0 atom stereocenters. The first kappa shape index (κ1) is 20.9. The third kappa shape index (κ3) is 6.05. The number of aromatic carboxylic acids is 1. The number of ether oxygens (including phenoxy) is 2. The minimum atomic E-state index is -0.972.